The molecule has 3 nitrogen and oxygen atoms in total. The van der Waals surface area contributed by atoms with E-state index in [-0.39, 0.29) is 17.8 Å². The van der Waals surface area contributed by atoms with Gasteiger partial charge in [-0.25, -0.2) is 0 Å². The molecule has 0 radical (unpaired) electrons. The summed E-state index contributed by atoms with van der Waals surface area (Å²) in [4.78, 5) is 11.7. The van der Waals surface area contributed by atoms with Crippen molar-refractivity contribution in [1.29, 1.82) is 0 Å². The number of halogens is 1. The second-order valence-corrected chi connectivity index (χ2v) is 5.33. The van der Waals surface area contributed by atoms with Crippen LogP contribution in [-0.2, 0) is 16.0 Å². The third-order valence-electron chi connectivity index (χ3n) is 2.89. The van der Waals surface area contributed by atoms with Crippen LogP contribution >= 0.6 is 11.6 Å². The third-order valence-corrected chi connectivity index (χ3v) is 3.21. The molecule has 0 spiro atoms. The molecule has 0 fully saturated rings. The highest BCUT2D eigenvalue weighted by Gasteiger charge is 2.11. The van der Waals surface area contributed by atoms with Gasteiger partial charge in [-0.2, -0.15) is 0 Å². The fourth-order valence-corrected chi connectivity index (χ4v) is 1.62. The van der Waals surface area contributed by atoms with Crippen molar-refractivity contribution >= 4 is 17.4 Å². The Morgan fingerprint density at radius 2 is 2.00 bits per heavy atom. The second-order valence-electron chi connectivity index (χ2n) is 4.92. The normalized spacial score (nSPS) is 12.5. The Morgan fingerprint density at radius 1 is 1.32 bits per heavy atom. The Balaban J connectivity index is 2.74. The van der Waals surface area contributed by atoms with Gasteiger partial charge in [0.15, 0.2) is 0 Å². The number of ketones is 1. The van der Waals surface area contributed by atoms with Crippen molar-refractivity contribution in [1.82, 2.24) is 0 Å². The molecule has 4 heteroatoms. The number of ether oxygens (including phenoxy) is 2. The van der Waals surface area contributed by atoms with Gasteiger partial charge < -0.3 is 9.47 Å². The van der Waals surface area contributed by atoms with Gasteiger partial charge in [-0.15, -0.1) is 0 Å². The number of carbonyl (C=O) groups excluding carboxylic acids is 1. The molecule has 1 unspecified atom stereocenters. The minimum absolute atomic E-state index is 0.00276. The molecule has 19 heavy (non-hydrogen) atoms. The number of carbonyl (C=O) groups is 1. The smallest absolute Gasteiger partial charge is 0.139 e. The molecule has 0 aliphatic rings. The van der Waals surface area contributed by atoms with Crippen molar-refractivity contribution in [2.75, 3.05) is 13.7 Å². The highest BCUT2D eigenvalue weighted by Crippen LogP contribution is 2.26. The molecule has 0 bridgehead atoms. The SMILES string of the molecule is COC(C)COc1cc(CC(=O)C(C)C)ccc1Cl. The monoisotopic (exact) mass is 284 g/mol. The zero-order valence-corrected chi connectivity index (χ0v) is 12.7. The molecule has 0 amide bonds. The van der Waals surface area contributed by atoms with Crippen LogP contribution in [0.15, 0.2) is 18.2 Å². The van der Waals surface area contributed by atoms with Gasteiger partial charge in [0.2, 0.25) is 0 Å². The summed E-state index contributed by atoms with van der Waals surface area (Å²) in [5, 5.41) is 0.545. The molecule has 1 atom stereocenters. The standard InChI is InChI=1S/C15H21ClO3/c1-10(2)14(17)7-12-5-6-13(16)15(8-12)19-9-11(3)18-4/h5-6,8,10-11H,7,9H2,1-4H3. The van der Waals surface area contributed by atoms with Crippen molar-refractivity contribution in [3.63, 3.8) is 0 Å². The highest BCUT2D eigenvalue weighted by atomic mass is 35.5. The molecule has 0 aliphatic carbocycles. The molecule has 0 aliphatic heterocycles. The van der Waals surface area contributed by atoms with Gasteiger partial charge >= 0.3 is 0 Å². The van der Waals surface area contributed by atoms with E-state index < -0.39 is 0 Å². The van der Waals surface area contributed by atoms with E-state index in [0.717, 1.165) is 5.56 Å². The molecular formula is C15H21ClO3. The predicted octanol–water partition coefficient (Wildman–Crippen LogP) is 3.52. The summed E-state index contributed by atoms with van der Waals surface area (Å²) in [6, 6.07) is 5.44. The summed E-state index contributed by atoms with van der Waals surface area (Å²) in [7, 11) is 1.63. The van der Waals surface area contributed by atoms with Gasteiger partial charge in [0.1, 0.15) is 18.1 Å². The number of hydrogen-bond donors (Lipinski definition) is 0. The second kappa shape index (κ2) is 7.51. The van der Waals surface area contributed by atoms with Gasteiger partial charge in [0.05, 0.1) is 11.1 Å². The summed E-state index contributed by atoms with van der Waals surface area (Å²) in [6.07, 6.45) is 0.405. The van der Waals surface area contributed by atoms with Crippen molar-refractivity contribution < 1.29 is 14.3 Å². The lowest BCUT2D eigenvalue weighted by molar-refractivity contribution is -0.121. The fraction of sp³-hybridized carbons (Fsp3) is 0.533. The lowest BCUT2D eigenvalue weighted by Gasteiger charge is -2.13. The van der Waals surface area contributed by atoms with Gasteiger partial charge in [-0.3, -0.25) is 4.79 Å². The minimum Gasteiger partial charge on any atom is -0.489 e. The van der Waals surface area contributed by atoms with Gasteiger partial charge in [-0.05, 0) is 24.6 Å². The van der Waals surface area contributed by atoms with Crippen LogP contribution in [0.5, 0.6) is 5.75 Å². The summed E-state index contributed by atoms with van der Waals surface area (Å²) >= 11 is 6.07. The zero-order chi connectivity index (χ0) is 14.4. The first kappa shape index (κ1) is 16.0. The first-order chi connectivity index (χ1) is 8.93. The maximum absolute atomic E-state index is 11.7. The van der Waals surface area contributed by atoms with Gasteiger partial charge in [0.25, 0.3) is 0 Å². The maximum Gasteiger partial charge on any atom is 0.139 e. The number of hydrogen-bond acceptors (Lipinski definition) is 3. The molecule has 0 saturated heterocycles. The van der Waals surface area contributed by atoms with Crippen molar-refractivity contribution in [3.8, 4) is 5.75 Å². The number of rotatable bonds is 7. The van der Waals surface area contributed by atoms with Crippen molar-refractivity contribution in [3.05, 3.63) is 28.8 Å². The Labute approximate surface area is 119 Å². The van der Waals surface area contributed by atoms with Crippen LogP contribution in [0.25, 0.3) is 0 Å². The largest absolute Gasteiger partial charge is 0.489 e. The van der Waals surface area contributed by atoms with E-state index in [1.165, 1.54) is 0 Å². The van der Waals surface area contributed by atoms with Crippen LogP contribution in [0.3, 0.4) is 0 Å². The maximum atomic E-state index is 11.7. The van der Waals surface area contributed by atoms with E-state index in [1.807, 2.05) is 32.9 Å². The quantitative estimate of drug-likeness (QED) is 0.768. The average Bonchev–Trinajstić information content (AvgIpc) is 2.38. The minimum atomic E-state index is -0.00276. The molecule has 0 heterocycles. The van der Waals surface area contributed by atoms with Crippen molar-refractivity contribution in [2.24, 2.45) is 5.92 Å². The predicted molar refractivity (Wildman–Crippen MR) is 77.0 cm³/mol. The van der Waals surface area contributed by atoms with Crippen LogP contribution < -0.4 is 4.74 Å². The Kier molecular flexibility index (Phi) is 6.32. The van der Waals surface area contributed by atoms with Crippen LogP contribution in [0.4, 0.5) is 0 Å². The van der Waals surface area contributed by atoms with E-state index in [0.29, 0.717) is 23.8 Å². The number of Topliss-reactive ketones (excluding diaryl/α,β-unsaturated/α-hetero) is 1. The molecule has 1 rings (SSSR count). The van der Waals surface area contributed by atoms with Gasteiger partial charge in [-0.1, -0.05) is 31.5 Å². The van der Waals surface area contributed by atoms with Crippen LogP contribution in [-0.4, -0.2) is 25.6 Å². The number of benzene rings is 1. The first-order valence-corrected chi connectivity index (χ1v) is 6.78. The summed E-state index contributed by atoms with van der Waals surface area (Å²) in [6.45, 7) is 6.14. The molecule has 0 N–H and O–H groups in total. The van der Waals surface area contributed by atoms with Crippen LogP contribution in [0.2, 0.25) is 5.02 Å². The van der Waals surface area contributed by atoms with E-state index in [1.54, 1.807) is 13.2 Å². The molecule has 0 aromatic heterocycles. The van der Waals surface area contributed by atoms with Gasteiger partial charge in [0, 0.05) is 19.4 Å². The third kappa shape index (κ3) is 5.21. The van der Waals surface area contributed by atoms with Crippen molar-refractivity contribution in [2.45, 2.75) is 33.3 Å². The highest BCUT2D eigenvalue weighted by molar-refractivity contribution is 6.32. The van der Waals surface area contributed by atoms with Crippen LogP contribution in [0.1, 0.15) is 26.3 Å². The van der Waals surface area contributed by atoms with Crippen LogP contribution in [0, 0.1) is 5.92 Å². The fourth-order valence-electron chi connectivity index (χ4n) is 1.45. The van der Waals surface area contributed by atoms with E-state index in [2.05, 4.69) is 0 Å². The Morgan fingerprint density at radius 3 is 2.58 bits per heavy atom. The van der Waals surface area contributed by atoms with E-state index in [9.17, 15) is 4.79 Å². The molecule has 1 aromatic rings. The lowest BCUT2D eigenvalue weighted by Crippen LogP contribution is -2.16. The number of methoxy groups -OCH3 is 1. The average molecular weight is 285 g/mol. The van der Waals surface area contributed by atoms with E-state index in [4.69, 9.17) is 21.1 Å². The lowest BCUT2D eigenvalue weighted by atomic mass is 10.0. The molecular weight excluding hydrogens is 264 g/mol. The molecule has 106 valence electrons. The van der Waals surface area contributed by atoms with E-state index >= 15 is 0 Å². The molecule has 1 aromatic carbocycles. The first-order valence-electron chi connectivity index (χ1n) is 6.40. The summed E-state index contributed by atoms with van der Waals surface area (Å²) in [5.41, 5.74) is 0.920. The summed E-state index contributed by atoms with van der Waals surface area (Å²) < 4.78 is 10.7. The molecule has 0 saturated carbocycles. The summed E-state index contributed by atoms with van der Waals surface area (Å²) in [5.74, 6) is 0.840. The Hall–Kier alpha value is -1.06. The Bertz CT molecular complexity index is 429. The topological polar surface area (TPSA) is 35.5 Å². The zero-order valence-electron chi connectivity index (χ0n) is 11.9.